The zero-order chi connectivity index (χ0) is 11.9. The van der Waals surface area contributed by atoms with Crippen LogP contribution in [0, 0.1) is 0 Å². The van der Waals surface area contributed by atoms with Crippen molar-refractivity contribution in [1.29, 1.82) is 0 Å². The first-order chi connectivity index (χ1) is 8.34. The van der Waals surface area contributed by atoms with Crippen LogP contribution in [0.3, 0.4) is 0 Å². The number of benzene rings is 1. The molecule has 1 aliphatic heterocycles. The molecule has 1 fully saturated rings. The Hall–Kier alpha value is -0.770. The minimum Gasteiger partial charge on any atom is -0.491 e. The van der Waals surface area contributed by atoms with E-state index in [-0.39, 0.29) is 0 Å². The fourth-order valence-electron chi connectivity index (χ4n) is 1.87. The summed E-state index contributed by atoms with van der Waals surface area (Å²) < 4.78 is 11.3. The van der Waals surface area contributed by atoms with Crippen LogP contribution in [0.25, 0.3) is 0 Å². The van der Waals surface area contributed by atoms with Gasteiger partial charge in [-0.25, -0.2) is 0 Å². The number of piperidine rings is 1. The van der Waals surface area contributed by atoms with E-state index in [9.17, 15) is 0 Å². The number of nitrogens with one attached hydrogen (secondary N) is 1. The lowest BCUT2D eigenvalue weighted by Crippen LogP contribution is -2.36. The number of hydrogen-bond acceptors (Lipinski definition) is 3. The summed E-state index contributed by atoms with van der Waals surface area (Å²) in [5.74, 6) is 0.833. The van der Waals surface area contributed by atoms with Crippen LogP contribution >= 0.6 is 11.6 Å². The molecule has 1 atom stereocenters. The lowest BCUT2D eigenvalue weighted by molar-refractivity contribution is 0.0205. The molecule has 17 heavy (non-hydrogen) atoms. The Morgan fingerprint density at radius 3 is 2.76 bits per heavy atom. The maximum atomic E-state index is 5.79. The Balaban J connectivity index is 1.60. The molecule has 1 heterocycles. The van der Waals surface area contributed by atoms with Gasteiger partial charge >= 0.3 is 0 Å². The zero-order valence-electron chi connectivity index (χ0n) is 9.82. The quantitative estimate of drug-likeness (QED) is 0.820. The lowest BCUT2D eigenvalue weighted by Gasteiger charge is -2.23. The van der Waals surface area contributed by atoms with Crippen LogP contribution in [0.15, 0.2) is 24.3 Å². The van der Waals surface area contributed by atoms with Gasteiger partial charge in [-0.2, -0.15) is 0 Å². The van der Waals surface area contributed by atoms with Gasteiger partial charge in [-0.05, 0) is 43.7 Å². The highest BCUT2D eigenvalue weighted by Crippen LogP contribution is 2.15. The summed E-state index contributed by atoms with van der Waals surface area (Å²) >= 11 is 5.79. The summed E-state index contributed by atoms with van der Waals surface area (Å²) in [7, 11) is 0. The van der Waals surface area contributed by atoms with Crippen LogP contribution < -0.4 is 10.1 Å². The molecule has 1 aromatic carbocycles. The lowest BCUT2D eigenvalue weighted by atomic mass is 10.1. The molecule has 0 aliphatic carbocycles. The minimum absolute atomic E-state index is 0.345. The van der Waals surface area contributed by atoms with Crippen molar-refractivity contribution in [3.05, 3.63) is 29.3 Å². The van der Waals surface area contributed by atoms with E-state index < -0.39 is 0 Å². The van der Waals surface area contributed by atoms with E-state index in [0.717, 1.165) is 30.3 Å². The highest BCUT2D eigenvalue weighted by molar-refractivity contribution is 6.30. The third-order valence-corrected chi connectivity index (χ3v) is 3.02. The van der Waals surface area contributed by atoms with Crippen molar-refractivity contribution >= 4 is 11.6 Å². The molecule has 0 aromatic heterocycles. The van der Waals surface area contributed by atoms with E-state index in [1.807, 2.05) is 24.3 Å². The second-order valence-corrected chi connectivity index (χ2v) is 4.58. The van der Waals surface area contributed by atoms with Gasteiger partial charge in [0.1, 0.15) is 12.4 Å². The smallest absolute Gasteiger partial charge is 0.119 e. The molecule has 0 saturated carbocycles. The fourth-order valence-corrected chi connectivity index (χ4v) is 1.99. The van der Waals surface area contributed by atoms with Gasteiger partial charge in [0, 0.05) is 11.6 Å². The monoisotopic (exact) mass is 255 g/mol. The highest BCUT2D eigenvalue weighted by atomic mass is 35.5. The Labute approximate surface area is 107 Å². The van der Waals surface area contributed by atoms with Gasteiger partial charge in [-0.3, -0.25) is 0 Å². The molecule has 4 heteroatoms. The summed E-state index contributed by atoms with van der Waals surface area (Å²) in [6.45, 7) is 3.29. The largest absolute Gasteiger partial charge is 0.491 e. The van der Waals surface area contributed by atoms with Crippen molar-refractivity contribution in [3.63, 3.8) is 0 Å². The first-order valence-corrected chi connectivity index (χ1v) is 6.43. The molecular formula is C13H18ClNO2. The summed E-state index contributed by atoms with van der Waals surface area (Å²) in [4.78, 5) is 0. The van der Waals surface area contributed by atoms with Gasteiger partial charge in [0.25, 0.3) is 0 Å². The molecule has 0 amide bonds. The van der Waals surface area contributed by atoms with E-state index in [4.69, 9.17) is 21.1 Å². The highest BCUT2D eigenvalue weighted by Gasteiger charge is 2.12. The molecule has 94 valence electrons. The van der Waals surface area contributed by atoms with E-state index in [1.54, 1.807) is 0 Å². The SMILES string of the molecule is Clc1ccc(OCCOC2CCCNC2)cc1. The second kappa shape index (κ2) is 6.84. The molecule has 2 rings (SSSR count). The Kier molecular flexibility index (Phi) is 5.10. The minimum atomic E-state index is 0.345. The second-order valence-electron chi connectivity index (χ2n) is 4.14. The molecule has 3 nitrogen and oxygen atoms in total. The maximum Gasteiger partial charge on any atom is 0.119 e. The van der Waals surface area contributed by atoms with Gasteiger partial charge < -0.3 is 14.8 Å². The summed E-state index contributed by atoms with van der Waals surface area (Å²) in [6, 6.07) is 7.38. The van der Waals surface area contributed by atoms with Gasteiger partial charge in [-0.15, -0.1) is 0 Å². The van der Waals surface area contributed by atoms with Crippen LogP contribution in [0.5, 0.6) is 5.75 Å². The van der Waals surface area contributed by atoms with Crippen molar-refractivity contribution in [1.82, 2.24) is 5.32 Å². The van der Waals surface area contributed by atoms with Crippen molar-refractivity contribution in [2.24, 2.45) is 0 Å². The van der Waals surface area contributed by atoms with Crippen LogP contribution in [0.1, 0.15) is 12.8 Å². The Morgan fingerprint density at radius 1 is 1.24 bits per heavy atom. The molecule has 1 aliphatic rings. The van der Waals surface area contributed by atoms with Crippen LogP contribution in [-0.4, -0.2) is 32.4 Å². The normalized spacial score (nSPS) is 20.2. The molecular weight excluding hydrogens is 238 g/mol. The molecule has 0 bridgehead atoms. The van der Waals surface area contributed by atoms with Crippen molar-refractivity contribution in [3.8, 4) is 5.75 Å². The van der Waals surface area contributed by atoms with Gasteiger partial charge in [0.2, 0.25) is 0 Å². The maximum absolute atomic E-state index is 5.79. The molecule has 1 aromatic rings. The predicted octanol–water partition coefficient (Wildman–Crippen LogP) is 2.49. The number of ether oxygens (including phenoxy) is 2. The fraction of sp³-hybridized carbons (Fsp3) is 0.538. The molecule has 1 unspecified atom stereocenters. The number of halogens is 1. The van der Waals surface area contributed by atoms with E-state index in [0.29, 0.717) is 19.3 Å². The standard InChI is InChI=1S/C13H18ClNO2/c14-11-3-5-12(6-4-11)16-8-9-17-13-2-1-7-15-10-13/h3-6,13,15H,1-2,7-10H2. The van der Waals surface area contributed by atoms with Crippen molar-refractivity contribution in [2.75, 3.05) is 26.3 Å². The average molecular weight is 256 g/mol. The van der Waals surface area contributed by atoms with Crippen molar-refractivity contribution in [2.45, 2.75) is 18.9 Å². The molecule has 0 spiro atoms. The van der Waals surface area contributed by atoms with Gasteiger partial charge in [-0.1, -0.05) is 11.6 Å². The van der Waals surface area contributed by atoms with Crippen LogP contribution in [-0.2, 0) is 4.74 Å². The van der Waals surface area contributed by atoms with E-state index >= 15 is 0 Å². The third-order valence-electron chi connectivity index (χ3n) is 2.77. The van der Waals surface area contributed by atoms with Gasteiger partial charge in [0.15, 0.2) is 0 Å². The topological polar surface area (TPSA) is 30.5 Å². The zero-order valence-corrected chi connectivity index (χ0v) is 10.6. The number of rotatable bonds is 5. The Morgan fingerprint density at radius 2 is 2.06 bits per heavy atom. The third kappa shape index (κ3) is 4.54. The van der Waals surface area contributed by atoms with Crippen LogP contribution in [0.4, 0.5) is 0 Å². The molecule has 1 N–H and O–H groups in total. The predicted molar refractivity (Wildman–Crippen MR) is 68.8 cm³/mol. The molecule has 1 saturated heterocycles. The van der Waals surface area contributed by atoms with Gasteiger partial charge in [0.05, 0.1) is 12.7 Å². The summed E-state index contributed by atoms with van der Waals surface area (Å²) in [6.07, 6.45) is 2.69. The first-order valence-electron chi connectivity index (χ1n) is 6.05. The van der Waals surface area contributed by atoms with Crippen molar-refractivity contribution < 1.29 is 9.47 Å². The molecule has 0 radical (unpaired) electrons. The summed E-state index contributed by atoms with van der Waals surface area (Å²) in [5.41, 5.74) is 0. The number of hydrogen-bond donors (Lipinski definition) is 1. The van der Waals surface area contributed by atoms with E-state index in [2.05, 4.69) is 5.32 Å². The van der Waals surface area contributed by atoms with Crippen LogP contribution in [0.2, 0.25) is 5.02 Å². The Bertz CT molecular complexity index is 323. The summed E-state index contributed by atoms with van der Waals surface area (Å²) in [5, 5.41) is 4.04. The van der Waals surface area contributed by atoms with E-state index in [1.165, 1.54) is 6.42 Å². The first kappa shape index (κ1) is 12.7. The average Bonchev–Trinajstić information content (AvgIpc) is 2.38.